The normalized spacial score (nSPS) is 10.3. The highest BCUT2D eigenvalue weighted by atomic mass is 79.9. The second kappa shape index (κ2) is 6.57. The lowest BCUT2D eigenvalue weighted by Crippen LogP contribution is -2.01. The zero-order valence-corrected chi connectivity index (χ0v) is 12.1. The van der Waals surface area contributed by atoms with Crippen molar-refractivity contribution in [3.8, 4) is 11.5 Å². The van der Waals surface area contributed by atoms with E-state index in [9.17, 15) is 4.39 Å². The van der Waals surface area contributed by atoms with Crippen LogP contribution in [-0.4, -0.2) is 13.7 Å². The highest BCUT2D eigenvalue weighted by Gasteiger charge is 2.01. The summed E-state index contributed by atoms with van der Waals surface area (Å²) in [6, 6.07) is 12.6. The second-order valence-corrected chi connectivity index (χ2v) is 4.88. The molecule has 2 aromatic carbocycles. The molecule has 0 aromatic heterocycles. The molecule has 4 heteroatoms. The highest BCUT2D eigenvalue weighted by Crippen LogP contribution is 2.21. The molecule has 0 saturated carbocycles. The van der Waals surface area contributed by atoms with Crippen LogP contribution >= 0.6 is 15.9 Å². The van der Waals surface area contributed by atoms with Gasteiger partial charge in [0.2, 0.25) is 0 Å². The molecule has 2 nitrogen and oxygen atoms in total. The molecule has 0 atom stereocenters. The minimum absolute atomic E-state index is 0.318. The van der Waals surface area contributed by atoms with Crippen LogP contribution in [0.5, 0.6) is 11.5 Å². The summed E-state index contributed by atoms with van der Waals surface area (Å²) in [5.41, 5.74) is 1.15. The largest absolute Gasteiger partial charge is 0.497 e. The number of hydrogen-bond acceptors (Lipinski definition) is 2. The van der Waals surface area contributed by atoms with Crippen LogP contribution in [0.15, 0.2) is 46.9 Å². The monoisotopic (exact) mass is 324 g/mol. The molecule has 0 heterocycles. The number of hydrogen-bond donors (Lipinski definition) is 0. The number of ether oxygens (including phenoxy) is 2. The third-order valence-corrected chi connectivity index (χ3v) is 3.35. The Morgan fingerprint density at radius 2 is 1.74 bits per heavy atom. The molecule has 2 aromatic rings. The maximum absolute atomic E-state index is 13.3. The van der Waals surface area contributed by atoms with E-state index in [1.807, 2.05) is 24.3 Å². The van der Waals surface area contributed by atoms with Crippen molar-refractivity contribution in [1.82, 2.24) is 0 Å². The van der Waals surface area contributed by atoms with Gasteiger partial charge in [-0.25, -0.2) is 4.39 Å². The molecule has 0 aliphatic carbocycles. The first-order chi connectivity index (χ1) is 9.19. The van der Waals surface area contributed by atoms with Crippen LogP contribution in [0, 0.1) is 5.82 Å². The van der Waals surface area contributed by atoms with E-state index in [2.05, 4.69) is 15.9 Å². The van der Waals surface area contributed by atoms with Crippen LogP contribution in [0.25, 0.3) is 0 Å². The molecule has 0 saturated heterocycles. The first kappa shape index (κ1) is 13.9. The van der Waals surface area contributed by atoms with Crippen LogP contribution in [0.3, 0.4) is 0 Å². The smallest absolute Gasteiger partial charge is 0.141 e. The lowest BCUT2D eigenvalue weighted by Gasteiger charge is -2.07. The lowest BCUT2D eigenvalue weighted by atomic mass is 10.1. The Kier molecular flexibility index (Phi) is 4.80. The van der Waals surface area contributed by atoms with Gasteiger partial charge in [0.1, 0.15) is 17.3 Å². The van der Waals surface area contributed by atoms with Crippen LogP contribution in [0.2, 0.25) is 0 Å². The van der Waals surface area contributed by atoms with E-state index in [4.69, 9.17) is 9.47 Å². The standard InChI is InChI=1S/C15H14BrFO2/c1-18-12-4-2-11(3-5-12)8-9-19-13-6-7-14(16)15(17)10-13/h2-7,10H,8-9H2,1H3. The Bertz CT molecular complexity index is 540. The Labute approximate surface area is 120 Å². The molecule has 2 rings (SSSR count). The van der Waals surface area contributed by atoms with Gasteiger partial charge in [-0.3, -0.25) is 0 Å². The quantitative estimate of drug-likeness (QED) is 0.819. The van der Waals surface area contributed by atoms with Gasteiger partial charge in [-0.1, -0.05) is 12.1 Å². The molecule has 0 aliphatic heterocycles. The van der Waals surface area contributed by atoms with Crippen molar-refractivity contribution in [2.45, 2.75) is 6.42 Å². The number of halogens is 2. The van der Waals surface area contributed by atoms with Crippen molar-refractivity contribution >= 4 is 15.9 Å². The molecule has 0 fully saturated rings. The summed E-state index contributed by atoms with van der Waals surface area (Å²) in [4.78, 5) is 0. The van der Waals surface area contributed by atoms with Crippen molar-refractivity contribution in [1.29, 1.82) is 0 Å². The zero-order valence-electron chi connectivity index (χ0n) is 10.5. The summed E-state index contributed by atoms with van der Waals surface area (Å²) in [5.74, 6) is 1.05. The van der Waals surface area contributed by atoms with Gasteiger partial charge in [0.25, 0.3) is 0 Å². The Morgan fingerprint density at radius 1 is 1.05 bits per heavy atom. The number of rotatable bonds is 5. The fourth-order valence-corrected chi connectivity index (χ4v) is 1.89. The van der Waals surface area contributed by atoms with E-state index in [0.717, 1.165) is 17.7 Å². The van der Waals surface area contributed by atoms with Crippen molar-refractivity contribution in [2.75, 3.05) is 13.7 Å². The molecule has 0 bridgehead atoms. The molecule has 0 spiro atoms. The van der Waals surface area contributed by atoms with Crippen molar-refractivity contribution in [2.24, 2.45) is 0 Å². The Balaban J connectivity index is 1.86. The van der Waals surface area contributed by atoms with E-state index in [0.29, 0.717) is 16.8 Å². The van der Waals surface area contributed by atoms with Crippen molar-refractivity contribution in [3.63, 3.8) is 0 Å². The fourth-order valence-electron chi connectivity index (χ4n) is 1.65. The topological polar surface area (TPSA) is 18.5 Å². The molecule has 0 aliphatic rings. The molecular weight excluding hydrogens is 311 g/mol. The molecule has 0 amide bonds. The number of methoxy groups -OCH3 is 1. The van der Waals surface area contributed by atoms with Gasteiger partial charge in [-0.05, 0) is 45.8 Å². The predicted molar refractivity (Wildman–Crippen MR) is 76.3 cm³/mol. The minimum Gasteiger partial charge on any atom is -0.497 e. The first-order valence-electron chi connectivity index (χ1n) is 5.90. The zero-order chi connectivity index (χ0) is 13.7. The number of benzene rings is 2. The average molecular weight is 325 g/mol. The summed E-state index contributed by atoms with van der Waals surface area (Å²) in [5, 5.41) is 0. The second-order valence-electron chi connectivity index (χ2n) is 4.02. The van der Waals surface area contributed by atoms with Gasteiger partial charge in [-0.15, -0.1) is 0 Å². The maximum Gasteiger partial charge on any atom is 0.141 e. The summed E-state index contributed by atoms with van der Waals surface area (Å²) < 4.78 is 24.3. The Morgan fingerprint density at radius 3 is 2.37 bits per heavy atom. The summed E-state index contributed by atoms with van der Waals surface area (Å²) in [6.45, 7) is 0.507. The maximum atomic E-state index is 13.3. The van der Waals surface area contributed by atoms with E-state index in [1.54, 1.807) is 19.2 Å². The molecule has 0 radical (unpaired) electrons. The third kappa shape index (κ3) is 3.96. The summed E-state index contributed by atoms with van der Waals surface area (Å²) in [7, 11) is 1.64. The van der Waals surface area contributed by atoms with Gasteiger partial charge in [0, 0.05) is 12.5 Å². The van der Waals surface area contributed by atoms with E-state index >= 15 is 0 Å². The van der Waals surface area contributed by atoms with E-state index in [-0.39, 0.29) is 5.82 Å². The molecular formula is C15H14BrFO2. The van der Waals surface area contributed by atoms with Gasteiger partial charge in [0.15, 0.2) is 0 Å². The van der Waals surface area contributed by atoms with Crippen molar-refractivity contribution in [3.05, 3.63) is 58.3 Å². The molecule has 0 unspecified atom stereocenters. The van der Waals surface area contributed by atoms with Crippen molar-refractivity contribution < 1.29 is 13.9 Å². The van der Waals surface area contributed by atoms with Crippen LogP contribution in [-0.2, 0) is 6.42 Å². The first-order valence-corrected chi connectivity index (χ1v) is 6.69. The highest BCUT2D eigenvalue weighted by molar-refractivity contribution is 9.10. The van der Waals surface area contributed by atoms with Gasteiger partial charge in [0.05, 0.1) is 18.2 Å². The SMILES string of the molecule is COc1ccc(CCOc2ccc(Br)c(F)c2)cc1. The van der Waals surface area contributed by atoms with E-state index in [1.165, 1.54) is 6.07 Å². The third-order valence-electron chi connectivity index (χ3n) is 2.71. The molecule has 0 N–H and O–H groups in total. The minimum atomic E-state index is -0.318. The molecule has 100 valence electrons. The van der Waals surface area contributed by atoms with Gasteiger partial charge >= 0.3 is 0 Å². The van der Waals surface area contributed by atoms with Crippen LogP contribution in [0.4, 0.5) is 4.39 Å². The summed E-state index contributed by atoms with van der Waals surface area (Å²) in [6.07, 6.45) is 0.766. The van der Waals surface area contributed by atoms with Gasteiger partial charge < -0.3 is 9.47 Å². The van der Waals surface area contributed by atoms with E-state index < -0.39 is 0 Å². The molecule has 19 heavy (non-hydrogen) atoms. The predicted octanol–water partition coefficient (Wildman–Crippen LogP) is 4.22. The van der Waals surface area contributed by atoms with Crippen LogP contribution in [0.1, 0.15) is 5.56 Å². The Hall–Kier alpha value is -1.55. The summed E-state index contributed by atoms with van der Waals surface area (Å²) >= 11 is 3.11. The van der Waals surface area contributed by atoms with Crippen LogP contribution < -0.4 is 9.47 Å². The lowest BCUT2D eigenvalue weighted by molar-refractivity contribution is 0.320. The van der Waals surface area contributed by atoms with Gasteiger partial charge in [-0.2, -0.15) is 0 Å². The average Bonchev–Trinajstić information content (AvgIpc) is 2.43. The fraction of sp³-hybridized carbons (Fsp3) is 0.200.